The summed E-state index contributed by atoms with van der Waals surface area (Å²) in [6, 6.07) is 9.88. The first-order valence-electron chi connectivity index (χ1n) is 6.22. The lowest BCUT2D eigenvalue weighted by Gasteiger charge is -1.97. The molecule has 0 bridgehead atoms. The Balaban J connectivity index is 2.14. The standard InChI is InChI=1S/C16H12O5/c1-2-20-15(17)10-5-11-3-6-12(7-4-11)13-8-9-14(21-13)16(18)19/h3-4,6-9H,2H2,1H3,(H,18,19). The highest BCUT2D eigenvalue weighted by molar-refractivity contribution is 5.89. The van der Waals surface area contributed by atoms with Gasteiger partial charge in [0.05, 0.1) is 6.61 Å². The summed E-state index contributed by atoms with van der Waals surface area (Å²) in [5.74, 6) is 3.71. The number of furan rings is 1. The van der Waals surface area contributed by atoms with Gasteiger partial charge in [0.25, 0.3) is 0 Å². The van der Waals surface area contributed by atoms with Crippen molar-refractivity contribution in [2.45, 2.75) is 6.92 Å². The fraction of sp³-hybridized carbons (Fsp3) is 0.125. The molecule has 0 aliphatic heterocycles. The predicted molar refractivity (Wildman–Crippen MR) is 74.6 cm³/mol. The SMILES string of the molecule is CCOC(=O)C#Cc1ccc(-c2ccc(C(=O)O)o2)cc1. The van der Waals surface area contributed by atoms with E-state index in [0.29, 0.717) is 11.3 Å². The van der Waals surface area contributed by atoms with Gasteiger partial charge in [0.1, 0.15) is 5.76 Å². The highest BCUT2D eigenvalue weighted by Gasteiger charge is 2.09. The van der Waals surface area contributed by atoms with E-state index in [1.807, 2.05) is 0 Å². The van der Waals surface area contributed by atoms with E-state index in [9.17, 15) is 9.59 Å². The van der Waals surface area contributed by atoms with Crippen LogP contribution in [-0.2, 0) is 9.53 Å². The van der Waals surface area contributed by atoms with Crippen LogP contribution in [0.5, 0.6) is 0 Å². The zero-order valence-electron chi connectivity index (χ0n) is 11.3. The molecule has 106 valence electrons. The number of ether oxygens (including phenoxy) is 1. The number of esters is 1. The third kappa shape index (κ3) is 3.74. The smallest absolute Gasteiger partial charge is 0.384 e. The molecule has 0 saturated heterocycles. The molecule has 0 fully saturated rings. The summed E-state index contributed by atoms with van der Waals surface area (Å²) in [6.07, 6.45) is 0. The van der Waals surface area contributed by atoms with Crippen LogP contribution in [0.3, 0.4) is 0 Å². The first-order chi connectivity index (χ1) is 10.1. The number of aromatic carboxylic acids is 1. The number of hydrogen-bond acceptors (Lipinski definition) is 4. The van der Waals surface area contributed by atoms with Gasteiger partial charge in [-0.2, -0.15) is 0 Å². The van der Waals surface area contributed by atoms with Crippen LogP contribution in [0.2, 0.25) is 0 Å². The summed E-state index contributed by atoms with van der Waals surface area (Å²) in [5, 5.41) is 8.80. The highest BCUT2D eigenvalue weighted by Crippen LogP contribution is 2.22. The largest absolute Gasteiger partial charge is 0.475 e. The Morgan fingerprint density at radius 2 is 1.90 bits per heavy atom. The van der Waals surface area contributed by atoms with Crippen molar-refractivity contribution in [2.24, 2.45) is 0 Å². The molecule has 2 aromatic rings. The number of carbonyl (C=O) groups is 2. The molecule has 0 aliphatic rings. The minimum atomic E-state index is -1.11. The van der Waals surface area contributed by atoms with Crippen molar-refractivity contribution in [1.29, 1.82) is 0 Å². The Hall–Kier alpha value is -3.00. The third-order valence-electron chi connectivity index (χ3n) is 2.57. The molecule has 1 heterocycles. The minimum absolute atomic E-state index is 0.115. The van der Waals surface area contributed by atoms with Crippen LogP contribution in [0.15, 0.2) is 40.8 Å². The fourth-order valence-corrected chi connectivity index (χ4v) is 1.62. The van der Waals surface area contributed by atoms with Crippen LogP contribution < -0.4 is 0 Å². The van der Waals surface area contributed by atoms with E-state index in [-0.39, 0.29) is 12.4 Å². The summed E-state index contributed by atoms with van der Waals surface area (Å²) in [6.45, 7) is 2.00. The zero-order chi connectivity index (χ0) is 15.2. The maximum Gasteiger partial charge on any atom is 0.384 e. The zero-order valence-corrected chi connectivity index (χ0v) is 11.3. The van der Waals surface area contributed by atoms with Crippen molar-refractivity contribution in [3.05, 3.63) is 47.7 Å². The van der Waals surface area contributed by atoms with Gasteiger partial charge < -0.3 is 14.3 Å². The topological polar surface area (TPSA) is 76.7 Å². The lowest BCUT2D eigenvalue weighted by atomic mass is 10.1. The fourth-order valence-electron chi connectivity index (χ4n) is 1.62. The van der Waals surface area contributed by atoms with E-state index in [4.69, 9.17) is 14.3 Å². The molecule has 21 heavy (non-hydrogen) atoms. The van der Waals surface area contributed by atoms with Crippen LogP contribution in [0.1, 0.15) is 23.0 Å². The van der Waals surface area contributed by atoms with Gasteiger partial charge in [-0.1, -0.05) is 18.1 Å². The van der Waals surface area contributed by atoms with Crippen LogP contribution in [0.25, 0.3) is 11.3 Å². The average molecular weight is 284 g/mol. The van der Waals surface area contributed by atoms with Gasteiger partial charge in [0.15, 0.2) is 0 Å². The van der Waals surface area contributed by atoms with E-state index in [0.717, 1.165) is 5.56 Å². The molecule has 0 atom stereocenters. The van der Waals surface area contributed by atoms with Crippen LogP contribution in [0.4, 0.5) is 0 Å². The van der Waals surface area contributed by atoms with E-state index in [2.05, 4.69) is 11.8 Å². The molecule has 0 unspecified atom stereocenters. The van der Waals surface area contributed by atoms with Gasteiger partial charge in [0, 0.05) is 17.0 Å². The summed E-state index contributed by atoms with van der Waals surface area (Å²) >= 11 is 0. The summed E-state index contributed by atoms with van der Waals surface area (Å²) < 4.78 is 9.89. The molecule has 1 aromatic carbocycles. The van der Waals surface area contributed by atoms with Crippen molar-refractivity contribution in [3.8, 4) is 23.2 Å². The maximum atomic E-state index is 11.1. The summed E-state index contributed by atoms with van der Waals surface area (Å²) in [4.78, 5) is 21.9. The van der Waals surface area contributed by atoms with Gasteiger partial charge in [0.2, 0.25) is 5.76 Å². The monoisotopic (exact) mass is 284 g/mol. The molecule has 0 saturated carbocycles. The Morgan fingerprint density at radius 1 is 1.19 bits per heavy atom. The second kappa shape index (κ2) is 6.44. The van der Waals surface area contributed by atoms with E-state index in [1.54, 1.807) is 37.3 Å². The van der Waals surface area contributed by atoms with Crippen LogP contribution in [-0.4, -0.2) is 23.7 Å². The minimum Gasteiger partial charge on any atom is -0.475 e. The highest BCUT2D eigenvalue weighted by atomic mass is 16.5. The number of carbonyl (C=O) groups excluding carboxylic acids is 1. The molecular weight excluding hydrogens is 272 g/mol. The second-order valence-electron chi connectivity index (χ2n) is 4.02. The quantitative estimate of drug-likeness (QED) is 0.692. The first kappa shape index (κ1) is 14.4. The molecule has 5 nitrogen and oxygen atoms in total. The molecule has 0 radical (unpaired) electrons. The lowest BCUT2D eigenvalue weighted by molar-refractivity contribution is -0.136. The Kier molecular flexibility index (Phi) is 4.42. The summed E-state index contributed by atoms with van der Waals surface area (Å²) in [7, 11) is 0. The number of benzene rings is 1. The molecule has 0 amide bonds. The molecular formula is C16H12O5. The molecule has 5 heteroatoms. The Bertz CT molecular complexity index is 713. The Morgan fingerprint density at radius 3 is 2.48 bits per heavy atom. The molecule has 0 aliphatic carbocycles. The summed E-state index contributed by atoms with van der Waals surface area (Å²) in [5.41, 5.74) is 1.38. The van der Waals surface area contributed by atoms with E-state index in [1.165, 1.54) is 6.07 Å². The number of rotatable bonds is 3. The van der Waals surface area contributed by atoms with E-state index >= 15 is 0 Å². The van der Waals surface area contributed by atoms with Gasteiger partial charge in [-0.05, 0) is 31.2 Å². The number of carboxylic acid groups (broad SMARTS) is 1. The second-order valence-corrected chi connectivity index (χ2v) is 4.02. The van der Waals surface area contributed by atoms with Gasteiger partial charge in [-0.25, -0.2) is 9.59 Å². The van der Waals surface area contributed by atoms with Crippen LogP contribution >= 0.6 is 0 Å². The molecule has 1 aromatic heterocycles. The van der Waals surface area contributed by atoms with Crippen LogP contribution in [0, 0.1) is 11.8 Å². The molecule has 0 spiro atoms. The van der Waals surface area contributed by atoms with Crippen molar-refractivity contribution in [3.63, 3.8) is 0 Å². The van der Waals surface area contributed by atoms with Crippen molar-refractivity contribution in [1.82, 2.24) is 0 Å². The normalized spacial score (nSPS) is 9.57. The average Bonchev–Trinajstić information content (AvgIpc) is 2.96. The molecule has 2 rings (SSSR count). The third-order valence-corrected chi connectivity index (χ3v) is 2.57. The lowest BCUT2D eigenvalue weighted by Crippen LogP contribution is -1.99. The number of carboxylic acids is 1. The Labute approximate surface area is 121 Å². The van der Waals surface area contributed by atoms with Gasteiger partial charge >= 0.3 is 11.9 Å². The van der Waals surface area contributed by atoms with Gasteiger partial charge in [-0.15, -0.1) is 0 Å². The van der Waals surface area contributed by atoms with Crippen molar-refractivity contribution < 1.29 is 23.8 Å². The first-order valence-corrected chi connectivity index (χ1v) is 6.22. The van der Waals surface area contributed by atoms with Crippen molar-refractivity contribution in [2.75, 3.05) is 6.61 Å². The number of hydrogen-bond donors (Lipinski definition) is 1. The predicted octanol–water partition coefficient (Wildman–Crippen LogP) is 2.56. The molecule has 1 N–H and O–H groups in total. The van der Waals surface area contributed by atoms with E-state index < -0.39 is 11.9 Å². The van der Waals surface area contributed by atoms with Crippen molar-refractivity contribution >= 4 is 11.9 Å². The van der Waals surface area contributed by atoms with Gasteiger partial charge in [-0.3, -0.25) is 0 Å². The maximum absolute atomic E-state index is 11.1.